The molecule has 1 aromatic carbocycles. The van der Waals surface area contributed by atoms with E-state index in [1.54, 1.807) is 6.07 Å². The van der Waals surface area contributed by atoms with Gasteiger partial charge in [0.1, 0.15) is 0 Å². The average molecular weight is 445 g/mol. The van der Waals surface area contributed by atoms with E-state index in [4.69, 9.17) is 35.4 Å². The van der Waals surface area contributed by atoms with E-state index >= 15 is 0 Å². The predicted octanol–water partition coefficient (Wildman–Crippen LogP) is 5.95. The highest BCUT2D eigenvalue weighted by molar-refractivity contribution is 7.80. The van der Waals surface area contributed by atoms with Gasteiger partial charge in [0.15, 0.2) is 5.11 Å². The van der Waals surface area contributed by atoms with E-state index in [0.717, 1.165) is 41.6 Å². The van der Waals surface area contributed by atoms with Crippen LogP contribution in [-0.2, 0) is 0 Å². The van der Waals surface area contributed by atoms with Crippen LogP contribution < -0.4 is 5.32 Å². The topological polar surface area (TPSA) is 33.1 Å². The van der Waals surface area contributed by atoms with Crippen molar-refractivity contribution >= 4 is 40.5 Å². The molecule has 2 atom stereocenters. The van der Waals surface area contributed by atoms with Gasteiger partial charge in [0, 0.05) is 29.7 Å². The van der Waals surface area contributed by atoms with Crippen molar-refractivity contribution < 1.29 is 0 Å². The second kappa shape index (κ2) is 8.74. The number of hydrogen-bond acceptors (Lipinski definition) is 2. The summed E-state index contributed by atoms with van der Waals surface area (Å²) in [7, 11) is 0. The minimum absolute atomic E-state index is 0.00527. The molecule has 0 unspecified atom stereocenters. The third-order valence-corrected chi connectivity index (χ3v) is 6.09. The van der Waals surface area contributed by atoms with Crippen LogP contribution in [0.25, 0.3) is 5.69 Å². The van der Waals surface area contributed by atoms with Gasteiger partial charge in [-0.3, -0.25) is 4.98 Å². The number of nitrogens with one attached hydrogen (secondary N) is 1. The fourth-order valence-corrected chi connectivity index (χ4v) is 4.66. The van der Waals surface area contributed by atoms with Gasteiger partial charge in [-0.2, -0.15) is 0 Å². The molecule has 1 aliphatic heterocycles. The van der Waals surface area contributed by atoms with Crippen molar-refractivity contribution in [3.05, 3.63) is 82.4 Å². The summed E-state index contributed by atoms with van der Waals surface area (Å²) in [5, 5.41) is 5.48. The third kappa shape index (κ3) is 4.00. The van der Waals surface area contributed by atoms with E-state index in [1.165, 1.54) is 0 Å². The zero-order chi connectivity index (χ0) is 20.4. The number of thiocarbonyl (C=S) groups is 1. The van der Waals surface area contributed by atoms with Crippen molar-refractivity contribution in [2.24, 2.45) is 0 Å². The minimum Gasteiger partial charge on any atom is -0.352 e. The van der Waals surface area contributed by atoms with Crippen molar-refractivity contribution in [1.29, 1.82) is 0 Å². The normalized spacial score (nSPS) is 18.9. The fourth-order valence-electron chi connectivity index (χ4n) is 3.83. The summed E-state index contributed by atoms with van der Waals surface area (Å²) in [5.74, 6) is 0. The molecule has 150 valence electrons. The van der Waals surface area contributed by atoms with Gasteiger partial charge in [-0.15, -0.1) is 0 Å². The smallest absolute Gasteiger partial charge is 0.170 e. The first-order valence-corrected chi connectivity index (χ1v) is 10.9. The molecule has 3 aromatic rings. The largest absolute Gasteiger partial charge is 0.352 e. The van der Waals surface area contributed by atoms with Crippen LogP contribution in [0.1, 0.15) is 43.2 Å². The van der Waals surface area contributed by atoms with E-state index in [0.29, 0.717) is 10.0 Å². The summed E-state index contributed by atoms with van der Waals surface area (Å²) in [6.07, 6.45) is 6.01. The summed E-state index contributed by atoms with van der Waals surface area (Å²) in [6, 6.07) is 15.7. The maximum absolute atomic E-state index is 6.53. The second-order valence-corrected chi connectivity index (χ2v) is 8.30. The lowest BCUT2D eigenvalue weighted by molar-refractivity contribution is 0.304. The molecule has 1 aliphatic rings. The Morgan fingerprint density at radius 3 is 2.72 bits per heavy atom. The Morgan fingerprint density at radius 1 is 1.14 bits per heavy atom. The number of nitrogens with zero attached hydrogens (tertiary/aromatic N) is 3. The van der Waals surface area contributed by atoms with Crippen molar-refractivity contribution in [1.82, 2.24) is 19.8 Å². The molecule has 4 rings (SSSR count). The van der Waals surface area contributed by atoms with Gasteiger partial charge in [0.05, 0.1) is 28.5 Å². The maximum atomic E-state index is 6.53. The quantitative estimate of drug-likeness (QED) is 0.476. The zero-order valence-electron chi connectivity index (χ0n) is 16.1. The molecule has 0 radical (unpaired) electrons. The molecule has 1 fully saturated rings. The lowest BCUT2D eigenvalue weighted by Gasteiger charge is -2.29. The van der Waals surface area contributed by atoms with E-state index in [1.807, 2.05) is 48.8 Å². The maximum Gasteiger partial charge on any atom is 0.170 e. The predicted molar refractivity (Wildman–Crippen MR) is 123 cm³/mol. The highest BCUT2D eigenvalue weighted by Gasteiger charge is 2.40. The van der Waals surface area contributed by atoms with E-state index < -0.39 is 0 Å². The van der Waals surface area contributed by atoms with Crippen LogP contribution in [0, 0.1) is 0 Å². The van der Waals surface area contributed by atoms with Crippen LogP contribution in [0.5, 0.6) is 0 Å². The van der Waals surface area contributed by atoms with Gasteiger partial charge < -0.3 is 14.8 Å². The van der Waals surface area contributed by atoms with Crippen LogP contribution in [-0.4, -0.2) is 26.1 Å². The van der Waals surface area contributed by atoms with Crippen LogP contribution in [0.4, 0.5) is 0 Å². The zero-order valence-corrected chi connectivity index (χ0v) is 18.4. The summed E-state index contributed by atoms with van der Waals surface area (Å²) < 4.78 is 2.12. The molecular formula is C22H22Cl2N4S. The van der Waals surface area contributed by atoms with Gasteiger partial charge in [0.25, 0.3) is 0 Å². The first kappa shape index (κ1) is 20.2. The van der Waals surface area contributed by atoms with Crippen molar-refractivity contribution in [2.75, 3.05) is 6.54 Å². The lowest BCUT2D eigenvalue weighted by atomic mass is 10.0. The molecule has 3 heterocycles. The number of halogens is 2. The lowest BCUT2D eigenvalue weighted by Crippen LogP contribution is -2.31. The van der Waals surface area contributed by atoms with Crippen LogP contribution >= 0.6 is 35.4 Å². The van der Waals surface area contributed by atoms with Crippen molar-refractivity contribution in [3.63, 3.8) is 0 Å². The highest BCUT2D eigenvalue weighted by Crippen LogP contribution is 2.40. The number of hydrogen-bond donors (Lipinski definition) is 1. The summed E-state index contributed by atoms with van der Waals surface area (Å²) in [6.45, 7) is 3.07. The van der Waals surface area contributed by atoms with Gasteiger partial charge in [-0.05, 0) is 61.1 Å². The Labute approximate surface area is 186 Å². The number of benzene rings is 1. The molecule has 7 heteroatoms. The molecule has 4 nitrogen and oxygen atoms in total. The van der Waals surface area contributed by atoms with Crippen LogP contribution in [0.15, 0.2) is 60.9 Å². The monoisotopic (exact) mass is 444 g/mol. The number of rotatable bonds is 6. The van der Waals surface area contributed by atoms with E-state index in [2.05, 4.69) is 32.8 Å². The molecule has 1 N–H and O–H groups in total. The molecule has 0 saturated carbocycles. The molecule has 0 aliphatic carbocycles. The van der Waals surface area contributed by atoms with Gasteiger partial charge in [-0.25, -0.2) is 0 Å². The summed E-state index contributed by atoms with van der Waals surface area (Å²) in [4.78, 5) is 6.87. The molecule has 2 aromatic heterocycles. The minimum atomic E-state index is -0.0414. The number of unbranched alkanes of at least 4 members (excludes halogenated alkanes) is 1. The first-order valence-electron chi connectivity index (χ1n) is 9.71. The molecule has 0 bridgehead atoms. The molecule has 0 amide bonds. The Bertz CT molecular complexity index is 1010. The number of aromatic nitrogens is 2. The average Bonchev–Trinajstić information content (AvgIpc) is 3.31. The summed E-state index contributed by atoms with van der Waals surface area (Å²) in [5.41, 5.74) is 2.96. The Morgan fingerprint density at radius 2 is 2.00 bits per heavy atom. The molecule has 1 saturated heterocycles. The summed E-state index contributed by atoms with van der Waals surface area (Å²) >= 11 is 18.4. The van der Waals surface area contributed by atoms with Gasteiger partial charge >= 0.3 is 0 Å². The Kier molecular flexibility index (Phi) is 6.09. The van der Waals surface area contributed by atoms with Crippen LogP contribution in [0.3, 0.4) is 0 Å². The Balaban J connectivity index is 1.81. The fraction of sp³-hybridized carbons (Fsp3) is 0.273. The molecule has 29 heavy (non-hydrogen) atoms. The molecular weight excluding hydrogens is 423 g/mol. The van der Waals surface area contributed by atoms with E-state index in [-0.39, 0.29) is 12.1 Å². The third-order valence-electron chi connectivity index (χ3n) is 5.20. The highest BCUT2D eigenvalue weighted by atomic mass is 35.5. The second-order valence-electron chi connectivity index (χ2n) is 7.07. The van der Waals surface area contributed by atoms with Gasteiger partial charge in [0.2, 0.25) is 0 Å². The Hall–Kier alpha value is -2.08. The standard InChI is InChI=1S/C22H22Cl2N4S/c1-2-3-12-28-21(20(26-22(28)29)17-7-4-5-11-25-17)19-8-6-13-27(19)18-10-9-15(23)14-16(18)24/h4-11,13-14,20-21H,2-3,12H2,1H3,(H,26,29)/t20-,21+/m0/s1. The van der Waals surface area contributed by atoms with Gasteiger partial charge in [-0.1, -0.05) is 42.6 Å². The van der Waals surface area contributed by atoms with Crippen LogP contribution in [0.2, 0.25) is 10.0 Å². The first-order chi connectivity index (χ1) is 14.1. The van der Waals surface area contributed by atoms with Crippen molar-refractivity contribution in [3.8, 4) is 5.69 Å². The number of pyridine rings is 1. The van der Waals surface area contributed by atoms with E-state index in [9.17, 15) is 0 Å². The van der Waals surface area contributed by atoms with Crippen molar-refractivity contribution in [2.45, 2.75) is 31.8 Å². The SMILES string of the molecule is CCCCN1C(=S)N[C@@H](c2ccccn2)[C@H]1c1cccn1-c1ccc(Cl)cc1Cl. The molecule has 0 spiro atoms.